The molecule has 2 aromatic heterocycles. The number of furan rings is 1. The van der Waals surface area contributed by atoms with Gasteiger partial charge in [-0.25, -0.2) is 9.79 Å². The number of thiazole rings is 1. The molecule has 6 nitrogen and oxygen atoms in total. The van der Waals surface area contributed by atoms with E-state index in [1.165, 1.54) is 11.3 Å². The molecular formula is C32H22Cl2N2O4S. The van der Waals surface area contributed by atoms with Crippen molar-refractivity contribution < 1.29 is 13.9 Å². The van der Waals surface area contributed by atoms with Crippen molar-refractivity contribution in [2.24, 2.45) is 4.99 Å². The van der Waals surface area contributed by atoms with Gasteiger partial charge in [0.1, 0.15) is 11.5 Å². The Kier molecular flexibility index (Phi) is 7.49. The molecule has 1 aliphatic rings. The van der Waals surface area contributed by atoms with Crippen LogP contribution in [0.5, 0.6) is 0 Å². The van der Waals surface area contributed by atoms with E-state index in [0.717, 1.165) is 16.7 Å². The van der Waals surface area contributed by atoms with Crippen LogP contribution in [0.15, 0.2) is 111 Å². The highest BCUT2D eigenvalue weighted by molar-refractivity contribution is 7.07. The zero-order chi connectivity index (χ0) is 28.5. The monoisotopic (exact) mass is 600 g/mol. The minimum absolute atomic E-state index is 0.190. The third-order valence-corrected chi connectivity index (χ3v) is 8.32. The van der Waals surface area contributed by atoms with Crippen LogP contribution in [-0.2, 0) is 9.53 Å². The van der Waals surface area contributed by atoms with Gasteiger partial charge in [-0.2, -0.15) is 0 Å². The van der Waals surface area contributed by atoms with Gasteiger partial charge in [0.2, 0.25) is 0 Å². The summed E-state index contributed by atoms with van der Waals surface area (Å²) in [6.45, 7) is 1.94. The van der Waals surface area contributed by atoms with Crippen LogP contribution in [0.3, 0.4) is 0 Å². The topological polar surface area (TPSA) is 73.8 Å². The molecule has 204 valence electrons. The second-order valence-electron chi connectivity index (χ2n) is 9.17. The van der Waals surface area contributed by atoms with Crippen LogP contribution in [0.2, 0.25) is 10.0 Å². The number of rotatable bonds is 6. The molecule has 1 atom stereocenters. The maximum atomic E-state index is 14.0. The number of aromatic nitrogens is 1. The molecule has 5 aromatic rings. The van der Waals surface area contributed by atoms with E-state index in [9.17, 15) is 9.59 Å². The summed E-state index contributed by atoms with van der Waals surface area (Å²) in [7, 11) is 0. The van der Waals surface area contributed by atoms with Crippen molar-refractivity contribution in [3.8, 4) is 11.3 Å². The van der Waals surface area contributed by atoms with Gasteiger partial charge >= 0.3 is 5.97 Å². The minimum Gasteiger partial charge on any atom is -0.463 e. The first-order valence-corrected chi connectivity index (χ1v) is 14.4. The lowest BCUT2D eigenvalue weighted by Gasteiger charge is -2.25. The Morgan fingerprint density at radius 2 is 1.71 bits per heavy atom. The van der Waals surface area contributed by atoms with E-state index in [0.29, 0.717) is 42.2 Å². The lowest BCUT2D eigenvalue weighted by atomic mass is 9.93. The van der Waals surface area contributed by atoms with Gasteiger partial charge in [-0.1, -0.05) is 95.2 Å². The summed E-state index contributed by atoms with van der Waals surface area (Å²) < 4.78 is 13.5. The average Bonchev–Trinajstić information content (AvgIpc) is 3.59. The van der Waals surface area contributed by atoms with E-state index in [2.05, 4.69) is 0 Å². The Hall–Kier alpha value is -4.17. The van der Waals surface area contributed by atoms with Crippen molar-refractivity contribution in [2.45, 2.75) is 13.0 Å². The number of halogens is 2. The fourth-order valence-corrected chi connectivity index (χ4v) is 6.03. The molecule has 1 aliphatic heterocycles. The van der Waals surface area contributed by atoms with Crippen LogP contribution in [-0.4, -0.2) is 17.1 Å². The fourth-order valence-electron chi connectivity index (χ4n) is 4.76. The maximum absolute atomic E-state index is 14.0. The van der Waals surface area contributed by atoms with Gasteiger partial charge in [0.25, 0.3) is 5.56 Å². The number of nitrogens with zero attached hydrogens (tertiary/aromatic N) is 2. The molecule has 41 heavy (non-hydrogen) atoms. The van der Waals surface area contributed by atoms with Gasteiger partial charge in [-0.15, -0.1) is 0 Å². The van der Waals surface area contributed by atoms with E-state index in [-0.39, 0.29) is 12.2 Å². The molecule has 0 spiro atoms. The molecule has 3 heterocycles. The molecule has 0 bridgehead atoms. The molecular weight excluding hydrogens is 579 g/mol. The van der Waals surface area contributed by atoms with Gasteiger partial charge in [-0.05, 0) is 42.8 Å². The first-order chi connectivity index (χ1) is 19.9. The number of carbonyl (C=O) groups excluding carboxylic acids is 1. The summed E-state index contributed by atoms with van der Waals surface area (Å²) in [5.41, 5.74) is 2.78. The van der Waals surface area contributed by atoms with E-state index >= 15 is 0 Å². The Morgan fingerprint density at radius 3 is 2.41 bits per heavy atom. The Morgan fingerprint density at radius 1 is 0.976 bits per heavy atom. The Labute approximate surface area is 249 Å². The number of benzene rings is 3. The Bertz CT molecular complexity index is 1980. The molecule has 9 heteroatoms. The fraction of sp³-hybridized carbons (Fsp3) is 0.0938. The van der Waals surface area contributed by atoms with E-state index in [4.69, 9.17) is 37.3 Å². The number of hydrogen-bond donors (Lipinski definition) is 0. The molecule has 6 rings (SSSR count). The van der Waals surface area contributed by atoms with Gasteiger partial charge in [-0.3, -0.25) is 9.36 Å². The van der Waals surface area contributed by atoms with Crippen molar-refractivity contribution >= 4 is 52.3 Å². The smallest absolute Gasteiger partial charge is 0.338 e. The average molecular weight is 602 g/mol. The molecule has 0 saturated heterocycles. The summed E-state index contributed by atoms with van der Waals surface area (Å²) in [4.78, 5) is 32.8. The molecule has 0 saturated carbocycles. The maximum Gasteiger partial charge on any atom is 0.338 e. The number of ether oxygens (including phenoxy) is 1. The highest BCUT2D eigenvalue weighted by Gasteiger charge is 2.35. The second-order valence-corrected chi connectivity index (χ2v) is 11.0. The van der Waals surface area contributed by atoms with Gasteiger partial charge < -0.3 is 9.15 Å². The van der Waals surface area contributed by atoms with E-state index < -0.39 is 12.0 Å². The van der Waals surface area contributed by atoms with Crippen molar-refractivity contribution in [3.63, 3.8) is 0 Å². The third-order valence-electron chi connectivity index (χ3n) is 6.59. The molecule has 3 aromatic carbocycles. The normalized spacial score (nSPS) is 15.0. The van der Waals surface area contributed by atoms with Crippen molar-refractivity contribution in [1.29, 1.82) is 0 Å². The molecule has 0 amide bonds. The highest BCUT2D eigenvalue weighted by Crippen LogP contribution is 2.35. The van der Waals surface area contributed by atoms with Crippen LogP contribution < -0.4 is 14.9 Å². The molecule has 0 unspecified atom stereocenters. The van der Waals surface area contributed by atoms with Crippen molar-refractivity contribution in [3.05, 3.63) is 143 Å². The zero-order valence-corrected chi connectivity index (χ0v) is 24.0. The quantitative estimate of drug-likeness (QED) is 0.208. The molecule has 0 radical (unpaired) electrons. The summed E-state index contributed by atoms with van der Waals surface area (Å²) >= 11 is 13.5. The van der Waals surface area contributed by atoms with Crippen LogP contribution in [0.4, 0.5) is 0 Å². The lowest BCUT2D eigenvalue weighted by molar-refractivity contribution is -0.138. The number of hydrogen-bond acceptors (Lipinski definition) is 6. The first kappa shape index (κ1) is 27.0. The van der Waals surface area contributed by atoms with Crippen molar-refractivity contribution in [1.82, 2.24) is 4.57 Å². The summed E-state index contributed by atoms with van der Waals surface area (Å²) in [6, 6.07) is 27.0. The minimum atomic E-state index is -0.729. The van der Waals surface area contributed by atoms with E-state index in [1.807, 2.05) is 72.8 Å². The molecule has 0 fully saturated rings. The van der Waals surface area contributed by atoms with Gasteiger partial charge in [0.15, 0.2) is 4.80 Å². The second kappa shape index (κ2) is 11.4. The van der Waals surface area contributed by atoms with Crippen molar-refractivity contribution in [2.75, 3.05) is 6.61 Å². The summed E-state index contributed by atoms with van der Waals surface area (Å²) in [5.74, 6) is 0.553. The van der Waals surface area contributed by atoms with Crippen LogP contribution in [0.1, 0.15) is 29.9 Å². The van der Waals surface area contributed by atoms with Crippen LogP contribution in [0.25, 0.3) is 23.1 Å². The zero-order valence-electron chi connectivity index (χ0n) is 21.7. The summed E-state index contributed by atoms with van der Waals surface area (Å²) in [6.07, 6.45) is 1.68. The van der Waals surface area contributed by atoms with Crippen LogP contribution >= 0.6 is 34.5 Å². The predicted molar refractivity (Wildman–Crippen MR) is 162 cm³/mol. The summed E-state index contributed by atoms with van der Waals surface area (Å²) in [5, 5.41) is 0.872. The largest absolute Gasteiger partial charge is 0.463 e. The highest BCUT2D eigenvalue weighted by atomic mass is 35.5. The molecule has 0 aliphatic carbocycles. The number of fused-ring (bicyclic) bond motifs is 1. The SMILES string of the molecule is CCOC(=O)C1=C(c2ccccc2)N=c2s/c(=C\c3ccc(-c4ccc(Cl)c(Cl)c4)o3)c(=O)n2[C@H]1c1ccccc1. The van der Waals surface area contributed by atoms with Crippen LogP contribution in [0, 0.1) is 0 Å². The first-order valence-electron chi connectivity index (χ1n) is 12.8. The molecule has 0 N–H and O–H groups in total. The Balaban J connectivity index is 1.54. The van der Waals surface area contributed by atoms with E-state index in [1.54, 1.807) is 35.8 Å². The third kappa shape index (κ3) is 5.20. The standard InChI is InChI=1S/C32H22Cl2N2O4S/c1-2-39-31(38)27-28(19-9-5-3-6-10-19)35-32-36(29(27)20-11-7-4-8-12-20)30(37)26(41-32)18-22-14-16-25(40-22)21-13-15-23(33)24(34)17-21/h3-18,29H,2H2,1H3/b26-18-/t29-/m0/s1. The van der Waals surface area contributed by atoms with Gasteiger partial charge in [0, 0.05) is 17.2 Å². The number of esters is 1. The lowest BCUT2D eigenvalue weighted by Crippen LogP contribution is -2.39. The predicted octanol–water partition coefficient (Wildman–Crippen LogP) is 6.50. The van der Waals surface area contributed by atoms with Gasteiger partial charge in [0.05, 0.1) is 38.5 Å². The number of carbonyl (C=O) groups is 1.